The molecule has 190 valence electrons. The van der Waals surface area contributed by atoms with Crippen LogP contribution >= 0.6 is 0 Å². The van der Waals surface area contributed by atoms with Gasteiger partial charge in [-0.3, -0.25) is 24.6 Å². The summed E-state index contributed by atoms with van der Waals surface area (Å²) in [6, 6.07) is 4.44. The molecule has 8 nitrogen and oxygen atoms in total. The van der Waals surface area contributed by atoms with Gasteiger partial charge in [0.15, 0.2) is 5.60 Å². The molecule has 1 aromatic carbocycles. The van der Waals surface area contributed by atoms with Crippen LogP contribution in [0.15, 0.2) is 18.2 Å². The number of hydrogen-bond donors (Lipinski definition) is 2. The molecular formula is C24H28F3N3O5. The highest BCUT2D eigenvalue weighted by atomic mass is 19.4. The lowest BCUT2D eigenvalue weighted by Gasteiger charge is -2.42. The van der Waals surface area contributed by atoms with E-state index in [0.29, 0.717) is 11.3 Å². The van der Waals surface area contributed by atoms with Crippen molar-refractivity contribution < 1.29 is 37.4 Å². The first-order valence-corrected chi connectivity index (χ1v) is 12.0. The van der Waals surface area contributed by atoms with Gasteiger partial charge in [0.25, 0.3) is 5.91 Å². The minimum atomic E-state index is -4.63. The number of imide groups is 1. The van der Waals surface area contributed by atoms with Crippen molar-refractivity contribution in [2.24, 2.45) is 0 Å². The fourth-order valence-electron chi connectivity index (χ4n) is 5.77. The zero-order chi connectivity index (χ0) is 25.0. The molecule has 3 atom stereocenters. The van der Waals surface area contributed by atoms with Gasteiger partial charge in [-0.15, -0.1) is 0 Å². The Hall–Kier alpha value is -2.66. The molecule has 11 heteroatoms. The molecule has 1 unspecified atom stereocenters. The largest absolute Gasteiger partial charge is 0.489 e. The molecule has 3 heterocycles. The highest BCUT2D eigenvalue weighted by Gasteiger charge is 2.55. The van der Waals surface area contributed by atoms with Crippen LogP contribution < -0.4 is 10.1 Å². The van der Waals surface area contributed by atoms with E-state index < -0.39 is 23.7 Å². The average molecular weight is 495 g/mol. The van der Waals surface area contributed by atoms with Gasteiger partial charge < -0.3 is 14.7 Å². The summed E-state index contributed by atoms with van der Waals surface area (Å²) in [7, 11) is 0. The maximum atomic E-state index is 13.2. The molecular weight excluding hydrogens is 467 g/mol. The summed E-state index contributed by atoms with van der Waals surface area (Å²) in [5.74, 6) is -0.492. The molecule has 5 rings (SSSR count). The van der Waals surface area contributed by atoms with E-state index >= 15 is 0 Å². The number of carbonyl (C=O) groups is 3. The number of aliphatic hydroxyl groups is 1. The van der Waals surface area contributed by atoms with Crippen molar-refractivity contribution in [2.75, 3.05) is 13.1 Å². The van der Waals surface area contributed by atoms with Crippen LogP contribution in [-0.2, 0) is 16.1 Å². The van der Waals surface area contributed by atoms with E-state index in [4.69, 9.17) is 4.74 Å². The maximum Gasteiger partial charge on any atom is 0.417 e. The standard InChI is InChI=1S/C24H28F3N3O5/c25-24(26,27)23(34)8-10-29(11-9-23)17-2-1-3-19(17)35-15-4-5-16-14(12-15)13-30(22(16)33)18-6-7-20(31)28-21(18)32/h4-5,12,17-19,34H,1-3,6-11,13H2,(H,28,31,32)/t17-,18?,19-/m0/s1. The first kappa shape index (κ1) is 24.1. The molecule has 0 spiro atoms. The molecule has 0 bridgehead atoms. The Morgan fingerprint density at radius 3 is 2.51 bits per heavy atom. The fourth-order valence-corrected chi connectivity index (χ4v) is 5.77. The second-order valence-electron chi connectivity index (χ2n) is 9.94. The van der Waals surface area contributed by atoms with E-state index in [2.05, 4.69) is 5.32 Å². The SMILES string of the molecule is O=C1CCC(N2Cc3cc(O[C@H]4CCC[C@@H]4N4CCC(O)(C(F)(F)F)CC4)ccc3C2=O)C(=O)N1. The molecule has 2 N–H and O–H groups in total. The van der Waals surface area contributed by atoms with E-state index in [-0.39, 0.29) is 69.3 Å². The summed E-state index contributed by atoms with van der Waals surface area (Å²) in [5, 5.41) is 12.3. The Labute approximate surface area is 200 Å². The Bertz CT molecular complexity index is 1040. The third-order valence-electron chi connectivity index (χ3n) is 7.82. The van der Waals surface area contributed by atoms with Crippen molar-refractivity contribution in [3.63, 3.8) is 0 Å². The van der Waals surface area contributed by atoms with Crippen molar-refractivity contribution in [3.8, 4) is 5.75 Å². The number of rotatable bonds is 4. The molecule has 1 saturated carbocycles. The number of piperidine rings is 2. The molecule has 3 amide bonds. The predicted molar refractivity (Wildman–Crippen MR) is 116 cm³/mol. The molecule has 4 aliphatic rings. The topological polar surface area (TPSA) is 99.2 Å². The van der Waals surface area contributed by atoms with E-state index in [1.807, 2.05) is 4.90 Å². The van der Waals surface area contributed by atoms with Crippen LogP contribution in [0.5, 0.6) is 5.75 Å². The van der Waals surface area contributed by atoms with Gasteiger partial charge in [0.1, 0.15) is 17.9 Å². The maximum absolute atomic E-state index is 13.2. The highest BCUT2D eigenvalue weighted by molar-refractivity contribution is 6.05. The lowest BCUT2D eigenvalue weighted by atomic mass is 9.89. The number of nitrogens with one attached hydrogen (secondary N) is 1. The van der Waals surface area contributed by atoms with Crippen LogP contribution in [0, 0.1) is 0 Å². The highest BCUT2D eigenvalue weighted by Crippen LogP contribution is 2.40. The second kappa shape index (κ2) is 8.77. The minimum Gasteiger partial charge on any atom is -0.489 e. The summed E-state index contributed by atoms with van der Waals surface area (Å²) in [4.78, 5) is 40.0. The van der Waals surface area contributed by atoms with Crippen molar-refractivity contribution >= 4 is 17.7 Å². The molecule has 1 aliphatic carbocycles. The number of hydrogen-bond acceptors (Lipinski definition) is 6. The Kier molecular flexibility index (Phi) is 6.03. The number of fused-ring (bicyclic) bond motifs is 1. The van der Waals surface area contributed by atoms with E-state index in [1.165, 1.54) is 4.90 Å². The molecule has 1 aromatic rings. The van der Waals surface area contributed by atoms with Crippen LogP contribution in [0.1, 0.15) is 60.9 Å². The monoisotopic (exact) mass is 495 g/mol. The van der Waals surface area contributed by atoms with E-state index in [9.17, 15) is 32.7 Å². The van der Waals surface area contributed by atoms with Gasteiger partial charge in [-0.2, -0.15) is 13.2 Å². The summed E-state index contributed by atoms with van der Waals surface area (Å²) in [5.41, 5.74) is -1.40. The van der Waals surface area contributed by atoms with Gasteiger partial charge in [-0.05, 0) is 62.3 Å². The average Bonchev–Trinajstić information content (AvgIpc) is 3.38. The quantitative estimate of drug-likeness (QED) is 0.621. The number of carbonyl (C=O) groups excluding carboxylic acids is 3. The third kappa shape index (κ3) is 4.40. The normalized spacial score (nSPS) is 29.3. The van der Waals surface area contributed by atoms with Crippen LogP contribution in [0.2, 0.25) is 0 Å². The molecule has 3 fully saturated rings. The van der Waals surface area contributed by atoms with Crippen molar-refractivity contribution in [2.45, 2.75) is 81.5 Å². The first-order chi connectivity index (χ1) is 16.6. The van der Waals surface area contributed by atoms with E-state index in [1.54, 1.807) is 18.2 Å². The molecule has 0 radical (unpaired) electrons. The minimum absolute atomic E-state index is 0.0392. The summed E-state index contributed by atoms with van der Waals surface area (Å²) in [6.45, 7) is 0.550. The van der Waals surface area contributed by atoms with Gasteiger partial charge in [-0.1, -0.05) is 0 Å². The van der Waals surface area contributed by atoms with E-state index in [0.717, 1.165) is 24.8 Å². The molecule has 35 heavy (non-hydrogen) atoms. The van der Waals surface area contributed by atoms with Gasteiger partial charge in [-0.25, -0.2) is 0 Å². The third-order valence-corrected chi connectivity index (χ3v) is 7.82. The van der Waals surface area contributed by atoms with Crippen LogP contribution in [0.4, 0.5) is 13.2 Å². The van der Waals surface area contributed by atoms with Gasteiger partial charge in [0, 0.05) is 37.7 Å². The first-order valence-electron chi connectivity index (χ1n) is 12.0. The summed E-state index contributed by atoms with van der Waals surface area (Å²) >= 11 is 0. The zero-order valence-electron chi connectivity index (χ0n) is 19.1. The fraction of sp³-hybridized carbons (Fsp3) is 0.625. The van der Waals surface area contributed by atoms with Crippen LogP contribution in [0.3, 0.4) is 0 Å². The van der Waals surface area contributed by atoms with Gasteiger partial charge in [0.05, 0.1) is 0 Å². The smallest absolute Gasteiger partial charge is 0.417 e. The number of amides is 3. The number of alkyl halides is 3. The Balaban J connectivity index is 1.24. The van der Waals surface area contributed by atoms with Gasteiger partial charge >= 0.3 is 6.18 Å². The number of nitrogens with zero attached hydrogens (tertiary/aromatic N) is 2. The van der Waals surface area contributed by atoms with Crippen molar-refractivity contribution in [1.29, 1.82) is 0 Å². The van der Waals surface area contributed by atoms with Gasteiger partial charge in [0.2, 0.25) is 11.8 Å². The predicted octanol–water partition coefficient (Wildman–Crippen LogP) is 2.14. The van der Waals surface area contributed by atoms with Crippen LogP contribution in [0.25, 0.3) is 0 Å². The molecule has 2 saturated heterocycles. The van der Waals surface area contributed by atoms with Crippen molar-refractivity contribution in [3.05, 3.63) is 29.3 Å². The number of likely N-dealkylation sites (tertiary alicyclic amines) is 1. The van der Waals surface area contributed by atoms with Crippen LogP contribution in [-0.4, -0.2) is 75.7 Å². The van der Waals surface area contributed by atoms with Crippen molar-refractivity contribution in [1.82, 2.24) is 15.1 Å². The second-order valence-corrected chi connectivity index (χ2v) is 9.94. The number of benzene rings is 1. The summed E-state index contributed by atoms with van der Waals surface area (Å²) in [6.07, 6.45) is -2.59. The summed E-state index contributed by atoms with van der Waals surface area (Å²) < 4.78 is 45.7. The molecule has 3 aliphatic heterocycles. The lowest BCUT2D eigenvalue weighted by Crippen LogP contribution is -2.56. The Morgan fingerprint density at radius 2 is 1.83 bits per heavy atom. The number of halogens is 3. The Morgan fingerprint density at radius 1 is 1.09 bits per heavy atom. The number of ether oxygens (including phenoxy) is 1. The molecule has 0 aromatic heterocycles. The lowest BCUT2D eigenvalue weighted by molar-refractivity contribution is -0.274. The zero-order valence-corrected chi connectivity index (χ0v) is 19.1.